The van der Waals surface area contributed by atoms with Crippen LogP contribution in [-0.2, 0) is 4.79 Å². The molecule has 0 radical (unpaired) electrons. The molecule has 1 N–H and O–H groups in total. The minimum atomic E-state index is -1.13. The van der Waals surface area contributed by atoms with E-state index in [1.54, 1.807) is 6.07 Å². The van der Waals surface area contributed by atoms with Crippen molar-refractivity contribution in [1.29, 1.82) is 0 Å². The van der Waals surface area contributed by atoms with Gasteiger partial charge in [-0.15, -0.1) is 12.6 Å². The van der Waals surface area contributed by atoms with Gasteiger partial charge in [0.05, 0.1) is 4.91 Å². The topological polar surface area (TPSA) is 37.3 Å². The smallest absolute Gasteiger partial charge is 0.341 e. The van der Waals surface area contributed by atoms with Crippen molar-refractivity contribution in [3.8, 4) is 0 Å². The van der Waals surface area contributed by atoms with Crippen molar-refractivity contribution in [2.24, 2.45) is 0 Å². The van der Waals surface area contributed by atoms with E-state index in [1.165, 1.54) is 24.3 Å². The van der Waals surface area contributed by atoms with Gasteiger partial charge in [-0.1, -0.05) is 12.1 Å². The lowest BCUT2D eigenvalue weighted by atomic mass is 10.2. The maximum atomic E-state index is 12.6. The Morgan fingerprint density at radius 1 is 1.54 bits per heavy atom. The van der Waals surface area contributed by atoms with Gasteiger partial charge in [0.2, 0.25) is 0 Å². The lowest BCUT2D eigenvalue weighted by Crippen LogP contribution is -1.93. The molecule has 0 spiro atoms. The monoisotopic (exact) mass is 198 g/mol. The lowest BCUT2D eigenvalue weighted by Gasteiger charge is -1.94. The minimum Gasteiger partial charge on any atom is -0.477 e. The fourth-order valence-electron chi connectivity index (χ4n) is 0.816. The number of thiol groups is 1. The number of halogens is 1. The van der Waals surface area contributed by atoms with E-state index in [2.05, 4.69) is 12.6 Å². The van der Waals surface area contributed by atoms with E-state index in [1.807, 2.05) is 0 Å². The number of hydrogen-bond acceptors (Lipinski definition) is 2. The van der Waals surface area contributed by atoms with Gasteiger partial charge in [0.1, 0.15) is 5.82 Å². The first-order valence-electron chi connectivity index (χ1n) is 3.49. The summed E-state index contributed by atoms with van der Waals surface area (Å²) in [6.07, 6.45) is 1.29. The molecule has 0 aliphatic rings. The maximum Gasteiger partial charge on any atom is 0.341 e. The molecular formula is C9H7FO2S. The molecule has 0 aromatic heterocycles. The van der Waals surface area contributed by atoms with Gasteiger partial charge >= 0.3 is 5.97 Å². The van der Waals surface area contributed by atoms with Crippen molar-refractivity contribution in [3.05, 3.63) is 40.6 Å². The second-order valence-corrected chi connectivity index (χ2v) is 2.87. The van der Waals surface area contributed by atoms with Gasteiger partial charge < -0.3 is 5.11 Å². The highest BCUT2D eigenvalue weighted by Gasteiger charge is 2.00. The van der Waals surface area contributed by atoms with Gasteiger partial charge in [0, 0.05) is 0 Å². The third-order valence-corrected chi connectivity index (χ3v) is 1.69. The van der Waals surface area contributed by atoms with Crippen LogP contribution in [0.4, 0.5) is 4.39 Å². The first-order valence-corrected chi connectivity index (χ1v) is 3.94. The number of benzene rings is 1. The minimum absolute atomic E-state index is 0.120. The van der Waals surface area contributed by atoms with Crippen LogP contribution >= 0.6 is 12.6 Å². The summed E-state index contributed by atoms with van der Waals surface area (Å²) in [5, 5.41) is 8.47. The van der Waals surface area contributed by atoms with Crippen LogP contribution in [-0.4, -0.2) is 11.1 Å². The fourth-order valence-corrected chi connectivity index (χ4v) is 0.965. The second kappa shape index (κ2) is 4.09. The molecule has 0 saturated heterocycles. The predicted octanol–water partition coefficient (Wildman–Crippen LogP) is 2.18. The molecule has 0 aliphatic carbocycles. The van der Waals surface area contributed by atoms with Gasteiger partial charge in [0.25, 0.3) is 0 Å². The Bertz CT molecular complexity index is 360. The highest BCUT2D eigenvalue weighted by Crippen LogP contribution is 2.11. The zero-order chi connectivity index (χ0) is 9.84. The Morgan fingerprint density at radius 2 is 2.23 bits per heavy atom. The van der Waals surface area contributed by atoms with Crippen molar-refractivity contribution >= 4 is 24.7 Å². The predicted molar refractivity (Wildman–Crippen MR) is 51.0 cm³/mol. The molecule has 0 amide bonds. The number of carboxylic acids is 1. The van der Waals surface area contributed by atoms with Crippen LogP contribution in [0.5, 0.6) is 0 Å². The molecule has 0 aliphatic heterocycles. The molecule has 0 fully saturated rings. The van der Waals surface area contributed by atoms with Gasteiger partial charge in [0.15, 0.2) is 0 Å². The van der Waals surface area contributed by atoms with E-state index < -0.39 is 11.8 Å². The fraction of sp³-hybridized carbons (Fsp3) is 0. The average Bonchev–Trinajstić information content (AvgIpc) is 2.04. The zero-order valence-corrected chi connectivity index (χ0v) is 7.46. The van der Waals surface area contributed by atoms with Crippen molar-refractivity contribution in [2.45, 2.75) is 0 Å². The second-order valence-electron chi connectivity index (χ2n) is 2.39. The number of aliphatic carboxylic acids is 1. The van der Waals surface area contributed by atoms with E-state index >= 15 is 0 Å². The molecule has 4 heteroatoms. The van der Waals surface area contributed by atoms with Gasteiger partial charge in [-0.05, 0) is 23.8 Å². The first-order chi connectivity index (χ1) is 6.09. The SMILES string of the molecule is O=C(O)/C(S)=C/c1cccc(F)c1. The molecule has 0 atom stereocenters. The summed E-state index contributed by atoms with van der Waals surface area (Å²) in [6.45, 7) is 0. The van der Waals surface area contributed by atoms with E-state index in [-0.39, 0.29) is 4.91 Å². The largest absolute Gasteiger partial charge is 0.477 e. The normalized spacial score (nSPS) is 11.4. The Kier molecular flexibility index (Phi) is 3.08. The number of hydrogen-bond donors (Lipinski definition) is 2. The molecular weight excluding hydrogens is 191 g/mol. The van der Waals surface area contributed by atoms with E-state index in [4.69, 9.17) is 5.11 Å². The summed E-state index contributed by atoms with van der Waals surface area (Å²) in [7, 11) is 0. The van der Waals surface area contributed by atoms with Crippen molar-refractivity contribution in [3.63, 3.8) is 0 Å². The molecule has 13 heavy (non-hydrogen) atoms. The highest BCUT2D eigenvalue weighted by atomic mass is 32.1. The van der Waals surface area contributed by atoms with Crippen LogP contribution in [0.1, 0.15) is 5.56 Å². The molecule has 0 saturated carbocycles. The van der Waals surface area contributed by atoms with Crippen LogP contribution < -0.4 is 0 Å². The third-order valence-electron chi connectivity index (χ3n) is 1.37. The zero-order valence-electron chi connectivity index (χ0n) is 6.57. The molecule has 2 nitrogen and oxygen atoms in total. The summed E-state index contributed by atoms with van der Waals surface area (Å²) in [6, 6.07) is 5.63. The highest BCUT2D eigenvalue weighted by molar-refractivity contribution is 7.85. The van der Waals surface area contributed by atoms with Crippen LogP contribution in [0.3, 0.4) is 0 Å². The standard InChI is InChI=1S/C9H7FO2S/c10-7-3-1-2-6(4-7)5-8(13)9(11)12/h1-5,13H,(H,11,12)/b8-5-. The Hall–Kier alpha value is -1.29. The van der Waals surface area contributed by atoms with Crippen molar-refractivity contribution in [2.75, 3.05) is 0 Å². The summed E-state index contributed by atoms with van der Waals surface area (Å²) in [5.74, 6) is -1.53. The summed E-state index contributed by atoms with van der Waals surface area (Å²) >= 11 is 3.71. The average molecular weight is 198 g/mol. The Morgan fingerprint density at radius 3 is 2.77 bits per heavy atom. The van der Waals surface area contributed by atoms with Crippen molar-refractivity contribution in [1.82, 2.24) is 0 Å². The quantitative estimate of drug-likeness (QED) is 0.564. The molecule has 1 rings (SSSR count). The van der Waals surface area contributed by atoms with Crippen LogP contribution in [0, 0.1) is 5.82 Å². The van der Waals surface area contributed by atoms with Crippen LogP contribution in [0.2, 0.25) is 0 Å². The van der Waals surface area contributed by atoms with Crippen molar-refractivity contribution < 1.29 is 14.3 Å². The maximum absolute atomic E-state index is 12.6. The Labute approximate surface area is 80.1 Å². The van der Waals surface area contributed by atoms with Crippen LogP contribution in [0.25, 0.3) is 6.08 Å². The molecule has 68 valence electrons. The number of carboxylic acid groups (broad SMARTS) is 1. The van der Waals surface area contributed by atoms with E-state index in [9.17, 15) is 9.18 Å². The summed E-state index contributed by atoms with van der Waals surface area (Å²) in [4.78, 5) is 10.2. The van der Waals surface area contributed by atoms with Gasteiger partial charge in [-0.25, -0.2) is 9.18 Å². The number of rotatable bonds is 2. The number of carbonyl (C=O) groups is 1. The van der Waals surface area contributed by atoms with E-state index in [0.717, 1.165) is 0 Å². The summed E-state index contributed by atoms with van der Waals surface area (Å²) in [5.41, 5.74) is 0.479. The van der Waals surface area contributed by atoms with Gasteiger partial charge in [-0.3, -0.25) is 0 Å². The van der Waals surface area contributed by atoms with Crippen LogP contribution in [0.15, 0.2) is 29.2 Å². The Balaban J connectivity index is 2.97. The summed E-state index contributed by atoms with van der Waals surface area (Å²) < 4.78 is 12.6. The van der Waals surface area contributed by atoms with Gasteiger partial charge in [-0.2, -0.15) is 0 Å². The molecule has 0 heterocycles. The molecule has 1 aromatic carbocycles. The lowest BCUT2D eigenvalue weighted by molar-refractivity contribution is -0.131. The van der Waals surface area contributed by atoms with E-state index in [0.29, 0.717) is 5.56 Å². The molecule has 0 bridgehead atoms. The molecule has 0 unspecified atom stereocenters. The first kappa shape index (κ1) is 9.80. The third kappa shape index (κ3) is 2.91. The molecule has 1 aromatic rings.